The van der Waals surface area contributed by atoms with E-state index in [1.165, 1.54) is 71.1 Å². The Morgan fingerprint density at radius 1 is 0.812 bits per heavy atom. The van der Waals surface area contributed by atoms with Crippen LogP contribution in [-0.4, -0.2) is 58.4 Å². The molecule has 278 valence electrons. The van der Waals surface area contributed by atoms with Crippen molar-refractivity contribution in [2.24, 2.45) is 46.3 Å². The van der Waals surface area contributed by atoms with Crippen molar-refractivity contribution in [2.75, 3.05) is 13.1 Å². The predicted molar refractivity (Wildman–Crippen MR) is 195 cm³/mol. The summed E-state index contributed by atoms with van der Waals surface area (Å²) in [5.74, 6) is 2.00. The topological polar surface area (TPSA) is 87.1 Å². The van der Waals surface area contributed by atoms with Crippen LogP contribution in [-0.2, 0) is 14.3 Å². The average Bonchev–Trinajstić information content (AvgIpc) is 3.41. The van der Waals surface area contributed by atoms with Crippen LogP contribution < -0.4 is 0 Å². The van der Waals surface area contributed by atoms with Gasteiger partial charge in [-0.05, 0) is 111 Å². The molecule has 0 heterocycles. The first-order valence-electron chi connectivity index (χ1n) is 20.8. The van der Waals surface area contributed by atoms with Crippen molar-refractivity contribution >= 4 is 11.9 Å². The lowest BCUT2D eigenvalue weighted by atomic mass is 9.43. The average molecular weight is 674 g/mol. The van der Waals surface area contributed by atoms with Gasteiger partial charge in [0.25, 0.3) is 0 Å². The molecule has 0 unspecified atom stereocenters. The first-order chi connectivity index (χ1) is 23.0. The zero-order valence-electron chi connectivity index (χ0n) is 32.0. The Morgan fingerprint density at radius 2 is 1.42 bits per heavy atom. The van der Waals surface area contributed by atoms with Crippen LogP contribution in [0.4, 0.5) is 0 Å². The summed E-state index contributed by atoms with van der Waals surface area (Å²) in [6, 6.07) is 0. The maximum Gasteiger partial charge on any atom is 0.302 e. The molecule has 2 N–H and O–H groups in total. The second-order valence-electron chi connectivity index (χ2n) is 17.5. The van der Waals surface area contributed by atoms with E-state index in [4.69, 9.17) is 4.74 Å². The minimum absolute atomic E-state index is 0.0463. The highest BCUT2D eigenvalue weighted by Crippen LogP contribution is 2.68. The first-order valence-corrected chi connectivity index (χ1v) is 20.8. The normalized spacial score (nSPS) is 36.5. The van der Waals surface area contributed by atoms with Crippen molar-refractivity contribution in [1.82, 2.24) is 4.90 Å². The highest BCUT2D eigenvalue weighted by Gasteiger charge is 2.65. The van der Waals surface area contributed by atoms with Gasteiger partial charge in [0.05, 0.1) is 12.2 Å². The molecule has 0 aromatic carbocycles. The lowest BCUT2D eigenvalue weighted by Gasteiger charge is -2.63. The molecular weight excluding hydrogens is 598 g/mol. The Balaban J connectivity index is 1.35. The molecule has 4 aliphatic carbocycles. The van der Waals surface area contributed by atoms with Crippen LogP contribution in [0, 0.1) is 46.3 Å². The Bertz CT molecular complexity index is 987. The number of hydrogen-bond donors (Lipinski definition) is 2. The minimum atomic E-state index is -0.389. The third kappa shape index (κ3) is 9.20. The quantitative estimate of drug-likeness (QED) is 0.105. The molecule has 11 atom stereocenters. The fourth-order valence-electron chi connectivity index (χ4n) is 11.7. The summed E-state index contributed by atoms with van der Waals surface area (Å²) in [5, 5.41) is 23.8. The highest BCUT2D eigenvalue weighted by atomic mass is 16.5. The molecule has 4 fully saturated rings. The van der Waals surface area contributed by atoms with Gasteiger partial charge in [-0.25, -0.2) is 0 Å². The van der Waals surface area contributed by atoms with Crippen LogP contribution in [0.2, 0.25) is 0 Å². The molecule has 0 spiro atoms. The van der Waals surface area contributed by atoms with Crippen molar-refractivity contribution < 1.29 is 24.5 Å². The van der Waals surface area contributed by atoms with E-state index in [0.717, 1.165) is 77.3 Å². The Labute approximate surface area is 294 Å². The minimum Gasteiger partial charge on any atom is -0.463 e. The van der Waals surface area contributed by atoms with Crippen molar-refractivity contribution in [1.29, 1.82) is 0 Å². The number of hydrogen-bond acceptors (Lipinski definition) is 5. The standard InChI is InChI=1S/C42H75NO5/c1-7-9-11-13-15-17-25-43(26-18-16-14-12-10-8-2)39(47)22-19-30(3)34-20-21-35-40-36(29-38(46)42(34,35)6)41(5)24-23-33(48-31(4)44)27-32(41)28-37(40)45/h30,32-38,40,45-46H,7-29H2,1-6H3/t30-,32+,33-,34-,35+,36+,37-,38+,40+,41+,42-/m1/s1. The molecule has 6 nitrogen and oxygen atoms in total. The third-order valence-corrected chi connectivity index (χ3v) is 14.6. The van der Waals surface area contributed by atoms with Crippen LogP contribution in [0.1, 0.15) is 176 Å². The summed E-state index contributed by atoms with van der Waals surface area (Å²) < 4.78 is 5.64. The van der Waals surface area contributed by atoms with Crippen molar-refractivity contribution in [3.05, 3.63) is 0 Å². The molecule has 48 heavy (non-hydrogen) atoms. The first kappa shape index (κ1) is 39.6. The summed E-state index contributed by atoms with van der Waals surface area (Å²) in [7, 11) is 0. The van der Waals surface area contributed by atoms with E-state index in [9.17, 15) is 19.8 Å². The largest absolute Gasteiger partial charge is 0.463 e. The second kappa shape index (κ2) is 18.4. The number of rotatable bonds is 19. The summed E-state index contributed by atoms with van der Waals surface area (Å²) in [5.41, 5.74) is -0.159. The number of ether oxygens (including phenoxy) is 1. The molecule has 0 aromatic heterocycles. The van der Waals surface area contributed by atoms with E-state index in [0.29, 0.717) is 41.9 Å². The van der Waals surface area contributed by atoms with Crippen molar-refractivity contribution in [3.63, 3.8) is 0 Å². The smallest absolute Gasteiger partial charge is 0.302 e. The molecule has 0 aliphatic heterocycles. The van der Waals surface area contributed by atoms with E-state index in [2.05, 4.69) is 39.5 Å². The zero-order valence-corrected chi connectivity index (χ0v) is 32.0. The van der Waals surface area contributed by atoms with E-state index < -0.39 is 0 Å². The van der Waals surface area contributed by atoms with Gasteiger partial charge < -0.3 is 19.8 Å². The van der Waals surface area contributed by atoms with Gasteiger partial charge in [-0.2, -0.15) is 0 Å². The highest BCUT2D eigenvalue weighted by molar-refractivity contribution is 5.76. The summed E-state index contributed by atoms with van der Waals surface area (Å²) in [4.78, 5) is 27.6. The zero-order chi connectivity index (χ0) is 34.9. The number of unbranched alkanes of at least 4 members (excludes halogenated alkanes) is 10. The number of fused-ring (bicyclic) bond motifs is 5. The van der Waals surface area contributed by atoms with Gasteiger partial charge in [-0.15, -0.1) is 0 Å². The Morgan fingerprint density at radius 3 is 2.02 bits per heavy atom. The van der Waals surface area contributed by atoms with Crippen molar-refractivity contribution in [2.45, 2.75) is 195 Å². The molecule has 0 radical (unpaired) electrons. The number of carbonyl (C=O) groups excluding carboxylic acids is 2. The summed E-state index contributed by atoms with van der Waals surface area (Å²) >= 11 is 0. The summed E-state index contributed by atoms with van der Waals surface area (Å²) in [6.45, 7) is 14.9. The number of nitrogens with zero attached hydrogens (tertiary/aromatic N) is 1. The fraction of sp³-hybridized carbons (Fsp3) is 0.952. The van der Waals surface area contributed by atoms with Crippen LogP contribution in [0.25, 0.3) is 0 Å². The van der Waals surface area contributed by atoms with Crippen molar-refractivity contribution in [3.8, 4) is 0 Å². The van der Waals surface area contributed by atoms with Gasteiger partial charge in [0.15, 0.2) is 0 Å². The Hall–Kier alpha value is -1.14. The summed E-state index contributed by atoms with van der Waals surface area (Å²) in [6.07, 6.45) is 22.1. The molecule has 1 amide bonds. The number of carbonyl (C=O) groups is 2. The van der Waals surface area contributed by atoms with E-state index in [1.54, 1.807) is 0 Å². The number of amides is 1. The molecule has 4 rings (SSSR count). The predicted octanol–water partition coefficient (Wildman–Crippen LogP) is 9.48. The molecule has 0 bridgehead atoms. The maximum absolute atomic E-state index is 13.7. The Kier molecular flexibility index (Phi) is 15.2. The molecular formula is C42H75NO5. The maximum atomic E-state index is 13.7. The van der Waals surface area contributed by atoms with Crippen LogP contribution >= 0.6 is 0 Å². The van der Waals surface area contributed by atoms with Gasteiger partial charge in [0, 0.05) is 26.4 Å². The van der Waals surface area contributed by atoms with E-state index >= 15 is 0 Å². The lowest BCUT2D eigenvalue weighted by Crippen LogP contribution is -2.62. The lowest BCUT2D eigenvalue weighted by molar-refractivity contribution is -0.209. The van der Waals surface area contributed by atoms with E-state index in [-0.39, 0.29) is 41.0 Å². The number of aliphatic hydroxyl groups is 2. The fourth-order valence-corrected chi connectivity index (χ4v) is 11.7. The molecule has 0 aromatic rings. The van der Waals surface area contributed by atoms with Crippen LogP contribution in [0.15, 0.2) is 0 Å². The molecule has 6 heteroatoms. The number of aliphatic hydroxyl groups excluding tert-OH is 2. The van der Waals surface area contributed by atoms with Gasteiger partial charge in [0.2, 0.25) is 5.91 Å². The monoisotopic (exact) mass is 674 g/mol. The SMILES string of the molecule is CCCCCCCCN(CCCCCCCC)C(=O)CC[C@@H](C)[C@H]1CC[C@H]2[C@@H]3[C@H](O)C[C@@H]4C[C@H](OC(C)=O)CC[C@]4(C)[C@H]3C[C@H](O)[C@]12C. The molecule has 4 aliphatic rings. The number of esters is 1. The van der Waals surface area contributed by atoms with E-state index in [1.807, 2.05) is 0 Å². The molecule has 4 saturated carbocycles. The van der Waals surface area contributed by atoms with Crippen LogP contribution in [0.3, 0.4) is 0 Å². The van der Waals surface area contributed by atoms with Crippen LogP contribution in [0.5, 0.6) is 0 Å². The van der Waals surface area contributed by atoms with Gasteiger partial charge in [-0.1, -0.05) is 98.8 Å². The molecule has 0 saturated heterocycles. The second-order valence-corrected chi connectivity index (χ2v) is 17.5. The van der Waals surface area contributed by atoms with Gasteiger partial charge in [0.1, 0.15) is 6.10 Å². The van der Waals surface area contributed by atoms with Gasteiger partial charge in [-0.3, -0.25) is 9.59 Å². The third-order valence-electron chi connectivity index (χ3n) is 14.6. The van der Waals surface area contributed by atoms with Gasteiger partial charge >= 0.3 is 5.97 Å².